The summed E-state index contributed by atoms with van der Waals surface area (Å²) >= 11 is 12.3. The smallest absolute Gasteiger partial charge is 0.338 e. The average molecular weight is 483 g/mol. The van der Waals surface area contributed by atoms with Crippen molar-refractivity contribution >= 4 is 51.5 Å². The van der Waals surface area contributed by atoms with Crippen LogP contribution in [0.2, 0.25) is 10.0 Å². The molecule has 3 N–H and O–H groups in total. The monoisotopic (exact) mass is 482 g/mol. The summed E-state index contributed by atoms with van der Waals surface area (Å²) in [7, 11) is 1.39. The van der Waals surface area contributed by atoms with Crippen LogP contribution in [-0.2, 0) is 9.53 Å². The molecule has 10 nitrogen and oxygen atoms in total. The minimum absolute atomic E-state index is 0.0278. The van der Waals surface area contributed by atoms with Crippen LogP contribution in [0, 0.1) is 0 Å². The molecule has 1 aromatic carbocycles. The van der Waals surface area contributed by atoms with Gasteiger partial charge in [0, 0.05) is 23.8 Å². The van der Waals surface area contributed by atoms with Crippen molar-refractivity contribution in [2.24, 2.45) is 0 Å². The predicted molar refractivity (Wildman–Crippen MR) is 114 cm³/mol. The number of aliphatic hydroxyl groups is 2. The van der Waals surface area contributed by atoms with Crippen LogP contribution >= 0.6 is 23.2 Å². The number of carbonyl (C=O) groups excluding carboxylic acids is 1. The number of aliphatic hydroxyl groups excluding tert-OH is 2. The van der Waals surface area contributed by atoms with Gasteiger partial charge in [-0.15, -0.1) is 0 Å². The lowest BCUT2D eigenvalue weighted by atomic mass is 10.1. The maximum absolute atomic E-state index is 12.3. The summed E-state index contributed by atoms with van der Waals surface area (Å²) < 4.78 is 21.3. The standard InChI is InChI=1S/C20H16Cl2N2O8/c1-29-12-3-2-8-11(24-15-9(21)5-23-6-10(15)22)4-14(25)32-18(8)19(12)30-7-13-16(26)17(27)20(28)31-13/h2-6,13,16-17,26-27H,7H2,1H3,(H,23,24)/t13-,16+,17-/m0/s1. The number of hydrogen-bond donors (Lipinski definition) is 3. The number of hydrogen-bond acceptors (Lipinski definition) is 10. The van der Waals surface area contributed by atoms with Gasteiger partial charge >= 0.3 is 11.6 Å². The van der Waals surface area contributed by atoms with E-state index in [4.69, 9.17) is 41.8 Å². The summed E-state index contributed by atoms with van der Waals surface area (Å²) in [4.78, 5) is 27.6. The third kappa shape index (κ3) is 4.05. The van der Waals surface area contributed by atoms with E-state index in [1.807, 2.05) is 0 Å². The molecule has 0 amide bonds. The number of esters is 1. The van der Waals surface area contributed by atoms with Gasteiger partial charge in [0.25, 0.3) is 0 Å². The van der Waals surface area contributed by atoms with E-state index in [1.165, 1.54) is 25.6 Å². The first-order chi connectivity index (χ1) is 15.3. The quantitative estimate of drug-likeness (QED) is 0.353. The van der Waals surface area contributed by atoms with Crippen LogP contribution in [0.25, 0.3) is 11.0 Å². The first-order valence-electron chi connectivity index (χ1n) is 9.20. The number of ether oxygens (including phenoxy) is 3. The highest BCUT2D eigenvalue weighted by molar-refractivity contribution is 6.39. The van der Waals surface area contributed by atoms with Crippen molar-refractivity contribution in [3.05, 3.63) is 51.1 Å². The Hall–Kier alpha value is -3.05. The first kappa shape index (κ1) is 22.2. The van der Waals surface area contributed by atoms with Crippen LogP contribution in [0.4, 0.5) is 11.4 Å². The second-order valence-corrected chi connectivity index (χ2v) is 7.59. The Labute approximate surface area is 190 Å². The molecule has 0 unspecified atom stereocenters. The molecule has 2 aromatic heterocycles. The maximum atomic E-state index is 12.3. The van der Waals surface area contributed by atoms with E-state index in [-0.39, 0.29) is 33.7 Å². The molecule has 4 rings (SSSR count). The van der Waals surface area contributed by atoms with Crippen LogP contribution in [0.3, 0.4) is 0 Å². The first-order valence-corrected chi connectivity index (χ1v) is 9.96. The van der Waals surface area contributed by atoms with Crippen LogP contribution in [-0.4, -0.2) is 53.2 Å². The number of halogens is 2. The molecular formula is C20H16Cl2N2O8. The Kier molecular flexibility index (Phi) is 6.11. The molecule has 168 valence electrons. The van der Waals surface area contributed by atoms with Crippen molar-refractivity contribution in [1.82, 2.24) is 4.98 Å². The molecule has 3 heterocycles. The number of aromatic nitrogens is 1. The van der Waals surface area contributed by atoms with E-state index in [9.17, 15) is 19.8 Å². The molecule has 0 bridgehead atoms. The molecule has 0 spiro atoms. The third-order valence-corrected chi connectivity index (χ3v) is 5.34. The molecule has 1 aliphatic heterocycles. The van der Waals surface area contributed by atoms with Gasteiger partial charge in [0.2, 0.25) is 5.75 Å². The van der Waals surface area contributed by atoms with Crippen molar-refractivity contribution in [2.75, 3.05) is 19.0 Å². The molecule has 1 fully saturated rings. The molecule has 1 aliphatic rings. The highest BCUT2D eigenvalue weighted by Crippen LogP contribution is 2.40. The summed E-state index contributed by atoms with van der Waals surface area (Å²) in [5.41, 5.74) is -0.0211. The van der Waals surface area contributed by atoms with Crippen molar-refractivity contribution in [3.63, 3.8) is 0 Å². The van der Waals surface area contributed by atoms with Gasteiger partial charge in [-0.2, -0.15) is 0 Å². The third-order valence-electron chi connectivity index (χ3n) is 4.77. The Morgan fingerprint density at radius 1 is 1.19 bits per heavy atom. The Morgan fingerprint density at radius 3 is 2.53 bits per heavy atom. The van der Waals surface area contributed by atoms with Gasteiger partial charge in [0.15, 0.2) is 23.5 Å². The van der Waals surface area contributed by atoms with E-state index < -0.39 is 29.9 Å². The van der Waals surface area contributed by atoms with E-state index in [1.54, 1.807) is 12.1 Å². The van der Waals surface area contributed by atoms with Crippen LogP contribution in [0.5, 0.6) is 11.5 Å². The zero-order chi connectivity index (χ0) is 23.0. The predicted octanol–water partition coefficient (Wildman–Crippen LogP) is 2.27. The Bertz CT molecular complexity index is 1230. The number of carbonyl (C=O) groups is 1. The number of nitrogens with zero attached hydrogens (tertiary/aromatic N) is 1. The second kappa shape index (κ2) is 8.83. The molecule has 0 radical (unpaired) electrons. The average Bonchev–Trinajstić information content (AvgIpc) is 3.01. The lowest BCUT2D eigenvalue weighted by Crippen LogP contribution is -2.34. The van der Waals surface area contributed by atoms with Gasteiger partial charge in [0.1, 0.15) is 12.7 Å². The minimum atomic E-state index is -1.67. The van der Waals surface area contributed by atoms with E-state index in [0.29, 0.717) is 16.8 Å². The molecule has 1 saturated heterocycles. The number of cyclic esters (lactones) is 1. The highest BCUT2D eigenvalue weighted by Gasteiger charge is 2.43. The molecule has 3 atom stereocenters. The number of rotatable bonds is 6. The Morgan fingerprint density at radius 2 is 1.91 bits per heavy atom. The zero-order valence-electron chi connectivity index (χ0n) is 16.4. The lowest BCUT2D eigenvalue weighted by Gasteiger charge is -2.18. The highest BCUT2D eigenvalue weighted by atomic mass is 35.5. The van der Waals surface area contributed by atoms with E-state index >= 15 is 0 Å². The summed E-state index contributed by atoms with van der Waals surface area (Å²) in [6.07, 6.45) is -1.47. The number of nitrogens with one attached hydrogen (secondary N) is 1. The maximum Gasteiger partial charge on any atom is 0.338 e. The van der Waals surface area contributed by atoms with Gasteiger partial charge < -0.3 is 34.2 Å². The molecular weight excluding hydrogens is 467 g/mol. The Balaban J connectivity index is 1.75. The fourth-order valence-corrected chi connectivity index (χ4v) is 3.64. The van der Waals surface area contributed by atoms with Crippen molar-refractivity contribution in [2.45, 2.75) is 18.3 Å². The van der Waals surface area contributed by atoms with Crippen molar-refractivity contribution in [3.8, 4) is 11.5 Å². The fraction of sp³-hybridized carbons (Fsp3) is 0.250. The van der Waals surface area contributed by atoms with Gasteiger partial charge in [-0.1, -0.05) is 23.2 Å². The summed E-state index contributed by atoms with van der Waals surface area (Å²) in [6.45, 7) is -0.331. The van der Waals surface area contributed by atoms with E-state index in [2.05, 4.69) is 10.3 Å². The van der Waals surface area contributed by atoms with Crippen molar-refractivity contribution in [1.29, 1.82) is 0 Å². The van der Waals surface area contributed by atoms with Gasteiger partial charge in [0.05, 0.1) is 28.5 Å². The fourth-order valence-electron chi connectivity index (χ4n) is 3.18. The molecule has 0 saturated carbocycles. The minimum Gasteiger partial charge on any atom is -0.493 e. The summed E-state index contributed by atoms with van der Waals surface area (Å²) in [6, 6.07) is 4.42. The summed E-state index contributed by atoms with van der Waals surface area (Å²) in [5.74, 6) is -0.709. The number of methoxy groups -OCH3 is 1. The van der Waals surface area contributed by atoms with Crippen LogP contribution in [0.1, 0.15) is 0 Å². The number of fused-ring (bicyclic) bond motifs is 1. The van der Waals surface area contributed by atoms with Crippen molar-refractivity contribution < 1.29 is 33.6 Å². The van der Waals surface area contributed by atoms with Gasteiger partial charge in [-0.3, -0.25) is 4.98 Å². The van der Waals surface area contributed by atoms with Gasteiger partial charge in [-0.25, -0.2) is 9.59 Å². The molecule has 12 heteroatoms. The van der Waals surface area contributed by atoms with Gasteiger partial charge in [-0.05, 0) is 12.1 Å². The normalized spacial score (nSPS) is 20.3. The van der Waals surface area contributed by atoms with Crippen LogP contribution in [0.15, 0.2) is 39.8 Å². The largest absolute Gasteiger partial charge is 0.493 e. The molecule has 32 heavy (non-hydrogen) atoms. The number of benzene rings is 1. The molecule has 3 aromatic rings. The van der Waals surface area contributed by atoms with E-state index in [0.717, 1.165) is 0 Å². The topological polar surface area (TPSA) is 140 Å². The summed E-state index contributed by atoms with van der Waals surface area (Å²) in [5, 5.41) is 23.4. The molecule has 0 aliphatic carbocycles. The lowest BCUT2D eigenvalue weighted by molar-refractivity contribution is -0.148. The van der Waals surface area contributed by atoms with Crippen LogP contribution < -0.4 is 20.4 Å². The zero-order valence-corrected chi connectivity index (χ0v) is 17.9. The number of anilines is 2. The SMILES string of the molecule is COc1ccc2c(Nc3c(Cl)cncc3Cl)cc(=O)oc2c1OC[C@@H]1OC(=O)[C@@H](O)[C@@H]1O. The number of pyridine rings is 1. The second-order valence-electron chi connectivity index (χ2n) is 6.78.